The zero-order valence-electron chi connectivity index (χ0n) is 15.0. The molecular formula is C20H28O4. The van der Waals surface area contributed by atoms with E-state index in [1.54, 1.807) is 6.92 Å². The number of rotatable bonds is 0. The fraction of sp³-hybridized carbons (Fsp3) is 0.700. The van der Waals surface area contributed by atoms with E-state index in [0.717, 1.165) is 32.1 Å². The topological polar surface area (TPSA) is 55.9 Å². The van der Waals surface area contributed by atoms with Gasteiger partial charge in [-0.15, -0.1) is 0 Å². The zero-order valence-corrected chi connectivity index (χ0v) is 15.0. The number of esters is 1. The van der Waals surface area contributed by atoms with E-state index >= 15 is 0 Å². The minimum atomic E-state index is -1.02. The molecule has 0 radical (unpaired) electrons. The number of ketones is 1. The lowest BCUT2D eigenvalue weighted by atomic mass is 9.83. The van der Waals surface area contributed by atoms with Gasteiger partial charge >= 0.3 is 5.97 Å². The zero-order chi connectivity index (χ0) is 17.5. The molecule has 4 unspecified atom stereocenters. The van der Waals surface area contributed by atoms with Crippen LogP contribution in [0, 0.1) is 5.92 Å². The van der Waals surface area contributed by atoms with E-state index in [0.29, 0.717) is 18.4 Å². The van der Waals surface area contributed by atoms with Crippen LogP contribution < -0.4 is 0 Å². The highest BCUT2D eigenvalue weighted by atomic mass is 16.6. The van der Waals surface area contributed by atoms with Gasteiger partial charge in [-0.05, 0) is 65.2 Å². The number of Topliss-reactive ketones (excluding diaryl/α,β-unsaturated/α-hetero) is 1. The standard InChI is InChI=1S/C20H28O4/c1-13-6-5-10-20(4)17(23-20)12-15-9-11-19(3,16(21)8-7-13)24-18(22)14(15)2/h6,15,17H,2,5,7-12H2,1,3-4H3/b13-6-. The number of hydrogen-bond acceptors (Lipinski definition) is 4. The Labute approximate surface area is 144 Å². The van der Waals surface area contributed by atoms with Crippen molar-refractivity contribution in [2.24, 2.45) is 5.92 Å². The molecule has 4 nitrogen and oxygen atoms in total. The first-order valence-electron chi connectivity index (χ1n) is 9.02. The second-order valence-electron chi connectivity index (χ2n) is 8.05. The summed E-state index contributed by atoms with van der Waals surface area (Å²) in [5.41, 5.74) is 0.601. The maximum Gasteiger partial charge on any atom is 0.334 e. The molecule has 2 heterocycles. The maximum atomic E-state index is 12.7. The normalized spacial score (nSPS) is 43.1. The Balaban J connectivity index is 1.86. The first kappa shape index (κ1) is 17.4. The van der Waals surface area contributed by atoms with E-state index in [4.69, 9.17) is 9.47 Å². The molecule has 132 valence electrons. The van der Waals surface area contributed by atoms with E-state index in [-0.39, 0.29) is 23.4 Å². The lowest BCUT2D eigenvalue weighted by molar-refractivity contribution is -0.161. The van der Waals surface area contributed by atoms with Crippen molar-refractivity contribution < 1.29 is 19.1 Å². The van der Waals surface area contributed by atoms with Crippen LogP contribution in [-0.2, 0) is 19.1 Å². The third-order valence-electron chi connectivity index (χ3n) is 6.05. The van der Waals surface area contributed by atoms with Gasteiger partial charge in [0.15, 0.2) is 11.4 Å². The summed E-state index contributed by atoms with van der Waals surface area (Å²) < 4.78 is 11.5. The smallest absolute Gasteiger partial charge is 0.334 e. The molecule has 3 rings (SSSR count). The number of epoxide rings is 1. The van der Waals surface area contributed by atoms with E-state index in [9.17, 15) is 9.59 Å². The van der Waals surface area contributed by atoms with Gasteiger partial charge in [0.1, 0.15) is 0 Å². The van der Waals surface area contributed by atoms with Crippen molar-refractivity contribution in [3.8, 4) is 0 Å². The van der Waals surface area contributed by atoms with Gasteiger partial charge in [0.2, 0.25) is 0 Å². The van der Waals surface area contributed by atoms with Crippen LogP contribution in [0.3, 0.4) is 0 Å². The predicted molar refractivity (Wildman–Crippen MR) is 91.5 cm³/mol. The number of carbonyl (C=O) groups excluding carboxylic acids is 2. The van der Waals surface area contributed by atoms with Gasteiger partial charge in [0.05, 0.1) is 11.7 Å². The molecule has 0 aromatic heterocycles. The first-order valence-corrected chi connectivity index (χ1v) is 9.02. The van der Waals surface area contributed by atoms with Crippen molar-refractivity contribution >= 4 is 11.8 Å². The van der Waals surface area contributed by atoms with E-state index in [1.807, 2.05) is 0 Å². The summed E-state index contributed by atoms with van der Waals surface area (Å²) >= 11 is 0. The van der Waals surface area contributed by atoms with Crippen molar-refractivity contribution in [3.05, 3.63) is 23.8 Å². The van der Waals surface area contributed by atoms with Crippen LogP contribution >= 0.6 is 0 Å². The van der Waals surface area contributed by atoms with Gasteiger partial charge in [-0.2, -0.15) is 0 Å². The fourth-order valence-corrected chi connectivity index (χ4v) is 3.92. The van der Waals surface area contributed by atoms with Crippen LogP contribution in [0.5, 0.6) is 0 Å². The van der Waals surface area contributed by atoms with Gasteiger partial charge < -0.3 is 9.47 Å². The highest BCUT2D eigenvalue weighted by Crippen LogP contribution is 2.46. The highest BCUT2D eigenvalue weighted by molar-refractivity contribution is 5.94. The number of hydrogen-bond donors (Lipinski definition) is 0. The molecule has 0 aromatic carbocycles. The summed E-state index contributed by atoms with van der Waals surface area (Å²) in [4.78, 5) is 25.1. The summed E-state index contributed by atoms with van der Waals surface area (Å²) in [5, 5.41) is 0. The molecule has 2 bridgehead atoms. The van der Waals surface area contributed by atoms with Crippen molar-refractivity contribution in [3.63, 3.8) is 0 Å². The van der Waals surface area contributed by atoms with Gasteiger partial charge in [-0.25, -0.2) is 4.79 Å². The Morgan fingerprint density at radius 2 is 1.96 bits per heavy atom. The monoisotopic (exact) mass is 332 g/mol. The average Bonchev–Trinajstić information content (AvgIpc) is 3.18. The van der Waals surface area contributed by atoms with E-state index < -0.39 is 11.6 Å². The second-order valence-corrected chi connectivity index (χ2v) is 8.05. The molecule has 0 saturated carbocycles. The lowest BCUT2D eigenvalue weighted by Crippen LogP contribution is -2.39. The van der Waals surface area contributed by atoms with Gasteiger partial charge in [0, 0.05) is 12.0 Å². The molecule has 0 N–H and O–H groups in total. The molecule has 2 aliphatic heterocycles. The fourth-order valence-electron chi connectivity index (χ4n) is 3.92. The molecule has 0 aromatic rings. The summed E-state index contributed by atoms with van der Waals surface area (Å²) in [5.74, 6) is -0.362. The van der Waals surface area contributed by atoms with Crippen LogP contribution in [0.4, 0.5) is 0 Å². The van der Waals surface area contributed by atoms with Gasteiger partial charge in [-0.1, -0.05) is 18.2 Å². The summed E-state index contributed by atoms with van der Waals surface area (Å²) in [6.45, 7) is 9.92. The Kier molecular flexibility index (Phi) is 4.45. The Hall–Kier alpha value is -1.42. The van der Waals surface area contributed by atoms with Crippen molar-refractivity contribution in [2.75, 3.05) is 0 Å². The second kappa shape index (κ2) is 6.14. The molecule has 4 heteroatoms. The molecule has 2 saturated heterocycles. The van der Waals surface area contributed by atoms with Crippen LogP contribution in [0.1, 0.15) is 65.7 Å². The van der Waals surface area contributed by atoms with E-state index in [2.05, 4.69) is 26.5 Å². The molecule has 0 spiro atoms. The molecule has 2 fully saturated rings. The molecule has 3 aliphatic rings. The Morgan fingerprint density at radius 3 is 2.71 bits per heavy atom. The van der Waals surface area contributed by atoms with Crippen LogP contribution in [0.25, 0.3) is 0 Å². The molecule has 24 heavy (non-hydrogen) atoms. The van der Waals surface area contributed by atoms with Crippen molar-refractivity contribution in [1.29, 1.82) is 0 Å². The van der Waals surface area contributed by atoms with Crippen LogP contribution in [0.15, 0.2) is 23.8 Å². The van der Waals surface area contributed by atoms with Crippen molar-refractivity contribution in [1.82, 2.24) is 0 Å². The number of carbonyl (C=O) groups is 2. The lowest BCUT2D eigenvalue weighted by Gasteiger charge is -2.26. The minimum Gasteiger partial charge on any atom is -0.448 e. The average molecular weight is 332 g/mol. The van der Waals surface area contributed by atoms with Crippen LogP contribution in [-0.4, -0.2) is 29.1 Å². The quantitative estimate of drug-likeness (QED) is 0.292. The molecular weight excluding hydrogens is 304 g/mol. The Morgan fingerprint density at radius 1 is 1.21 bits per heavy atom. The van der Waals surface area contributed by atoms with Gasteiger partial charge in [-0.3, -0.25) is 4.79 Å². The number of fused-ring (bicyclic) bond motifs is 4. The minimum absolute atomic E-state index is 0.0154. The molecule has 4 atom stereocenters. The predicted octanol–water partition coefficient (Wildman–Crippen LogP) is 3.89. The maximum absolute atomic E-state index is 12.7. The van der Waals surface area contributed by atoms with Crippen LogP contribution in [0.2, 0.25) is 0 Å². The molecule has 1 aliphatic carbocycles. The summed E-state index contributed by atoms with van der Waals surface area (Å²) in [6.07, 6.45) is 7.56. The van der Waals surface area contributed by atoms with Crippen molar-refractivity contribution in [2.45, 2.75) is 83.0 Å². The molecule has 0 amide bonds. The largest absolute Gasteiger partial charge is 0.448 e. The SMILES string of the molecule is C=C1C(=O)OC2(C)CCC1CC1OC1(C)CC/C=C(/C)CCC2=O. The Bertz CT molecular complexity index is 605. The number of allylic oxidation sites excluding steroid dienone is 2. The third-order valence-corrected chi connectivity index (χ3v) is 6.05. The van der Waals surface area contributed by atoms with E-state index in [1.165, 1.54) is 5.57 Å². The first-order chi connectivity index (χ1) is 11.2. The third kappa shape index (κ3) is 3.34. The summed E-state index contributed by atoms with van der Waals surface area (Å²) in [7, 11) is 0. The highest BCUT2D eigenvalue weighted by Gasteiger charge is 2.53. The number of ether oxygens (including phenoxy) is 2. The summed E-state index contributed by atoms with van der Waals surface area (Å²) in [6, 6.07) is 0. The van der Waals surface area contributed by atoms with Gasteiger partial charge in [0.25, 0.3) is 0 Å².